The van der Waals surface area contributed by atoms with E-state index in [4.69, 9.17) is 5.21 Å². The fourth-order valence-corrected chi connectivity index (χ4v) is 3.58. The second-order valence-electron chi connectivity index (χ2n) is 4.65. The van der Waals surface area contributed by atoms with E-state index in [1.165, 1.54) is 19.3 Å². The van der Waals surface area contributed by atoms with Crippen LogP contribution in [-0.4, -0.2) is 30.4 Å². The Morgan fingerprint density at radius 2 is 1.92 bits per heavy atom. The van der Waals surface area contributed by atoms with Crippen molar-refractivity contribution in [1.29, 1.82) is 0 Å². The zero-order chi connectivity index (χ0) is 9.90. The van der Waals surface area contributed by atoms with Gasteiger partial charge in [-0.3, -0.25) is 0 Å². The minimum Gasteiger partial charge on any atom is -0.409 e. The van der Waals surface area contributed by atoms with Crippen LogP contribution in [0.1, 0.15) is 25.7 Å². The van der Waals surface area contributed by atoms with E-state index in [1.807, 2.05) is 0 Å². The summed E-state index contributed by atoms with van der Waals surface area (Å²) in [6, 6.07) is 0. The third-order valence-corrected chi connectivity index (χ3v) is 4.62. The lowest BCUT2D eigenvalue weighted by Gasteiger charge is -2.35. The summed E-state index contributed by atoms with van der Waals surface area (Å²) in [6.07, 6.45) is 4.62. The average Bonchev–Trinajstić information content (AvgIpc) is 2.26. The van der Waals surface area contributed by atoms with Crippen LogP contribution in [-0.2, 0) is 0 Å². The third kappa shape index (κ3) is 2.72. The monoisotopic (exact) mass is 200 g/mol. The van der Waals surface area contributed by atoms with Crippen molar-refractivity contribution >= 4 is 14.1 Å². The Hall–Kier alpha value is -0.513. The molecule has 0 aromatic rings. The predicted octanol–water partition coefficient (Wildman–Crippen LogP) is 2.49. The number of oxime groups is 1. The smallest absolute Gasteiger partial charge is 0.149 e. The molecule has 0 aliphatic carbocycles. The summed E-state index contributed by atoms with van der Waals surface area (Å²) < 4.78 is 2.35. The molecule has 0 unspecified atom stereocenters. The minimum absolute atomic E-state index is 0.914. The number of rotatable bonds is 1. The van der Waals surface area contributed by atoms with Crippen LogP contribution in [0.3, 0.4) is 0 Å². The van der Waals surface area contributed by atoms with Gasteiger partial charge >= 0.3 is 0 Å². The zero-order valence-corrected chi connectivity index (χ0v) is 9.88. The molecule has 0 radical (unpaired) electrons. The van der Waals surface area contributed by atoms with E-state index in [2.05, 4.69) is 29.4 Å². The highest BCUT2D eigenvalue weighted by molar-refractivity contribution is 6.75. The van der Waals surface area contributed by atoms with E-state index in [1.54, 1.807) is 0 Å². The number of hydrogen-bond donors (Lipinski definition) is 1. The lowest BCUT2D eigenvalue weighted by atomic mass is 10.2. The van der Waals surface area contributed by atoms with Crippen LogP contribution in [0.2, 0.25) is 19.6 Å². The SMILES string of the molecule is C[Si](C)(C)N1CCCCCC1=NO. The Balaban J connectivity index is 2.77. The number of nitrogens with zero attached hydrogens (tertiary/aromatic N) is 2. The lowest BCUT2D eigenvalue weighted by molar-refractivity contribution is 0.309. The molecule has 1 heterocycles. The Bertz CT molecular complexity index is 198. The molecule has 1 N–H and O–H groups in total. The van der Waals surface area contributed by atoms with E-state index in [0.717, 1.165) is 18.8 Å². The first kappa shape index (κ1) is 10.6. The van der Waals surface area contributed by atoms with E-state index in [-0.39, 0.29) is 0 Å². The normalized spacial score (nSPS) is 23.3. The highest BCUT2D eigenvalue weighted by Gasteiger charge is 2.28. The highest BCUT2D eigenvalue weighted by atomic mass is 28.3. The van der Waals surface area contributed by atoms with Crippen molar-refractivity contribution in [2.45, 2.75) is 45.3 Å². The summed E-state index contributed by atoms with van der Waals surface area (Å²) in [6.45, 7) is 7.96. The Labute approximate surface area is 81.5 Å². The summed E-state index contributed by atoms with van der Waals surface area (Å²) in [4.78, 5) is 0. The molecular formula is C9H20N2OSi. The van der Waals surface area contributed by atoms with Crippen molar-refractivity contribution in [1.82, 2.24) is 4.57 Å². The average molecular weight is 200 g/mol. The fraction of sp³-hybridized carbons (Fsp3) is 0.889. The van der Waals surface area contributed by atoms with Crippen LogP contribution >= 0.6 is 0 Å². The number of hydrogen-bond acceptors (Lipinski definition) is 2. The van der Waals surface area contributed by atoms with Crippen LogP contribution in [0, 0.1) is 0 Å². The van der Waals surface area contributed by atoms with Gasteiger partial charge in [-0.05, 0) is 12.8 Å². The first-order valence-electron chi connectivity index (χ1n) is 5.04. The van der Waals surface area contributed by atoms with Gasteiger partial charge in [0.2, 0.25) is 0 Å². The lowest BCUT2D eigenvalue weighted by Crippen LogP contribution is -2.49. The summed E-state index contributed by atoms with van der Waals surface area (Å²) in [5, 5.41) is 12.4. The Morgan fingerprint density at radius 1 is 1.23 bits per heavy atom. The minimum atomic E-state index is -1.33. The quantitative estimate of drug-likeness (QED) is 0.401. The van der Waals surface area contributed by atoms with Crippen molar-refractivity contribution in [2.75, 3.05) is 6.54 Å². The molecule has 0 saturated carbocycles. The first-order valence-corrected chi connectivity index (χ1v) is 8.49. The molecule has 0 bridgehead atoms. The van der Waals surface area contributed by atoms with Crippen molar-refractivity contribution in [3.05, 3.63) is 0 Å². The Morgan fingerprint density at radius 3 is 2.46 bits per heavy atom. The fourth-order valence-electron chi connectivity index (χ4n) is 1.82. The zero-order valence-electron chi connectivity index (χ0n) is 8.88. The molecule has 1 aliphatic heterocycles. The van der Waals surface area contributed by atoms with Gasteiger partial charge in [0.05, 0.1) is 0 Å². The molecular weight excluding hydrogens is 180 g/mol. The molecule has 0 aromatic heterocycles. The van der Waals surface area contributed by atoms with Crippen molar-refractivity contribution in [2.24, 2.45) is 5.16 Å². The van der Waals surface area contributed by atoms with Crippen LogP contribution in [0.25, 0.3) is 0 Å². The summed E-state index contributed by atoms with van der Waals surface area (Å²) in [5.74, 6) is 0.914. The summed E-state index contributed by atoms with van der Waals surface area (Å²) in [7, 11) is -1.33. The van der Waals surface area contributed by atoms with Crippen molar-refractivity contribution < 1.29 is 5.21 Å². The van der Waals surface area contributed by atoms with Gasteiger partial charge in [0.1, 0.15) is 14.1 Å². The van der Waals surface area contributed by atoms with Crippen LogP contribution in [0.15, 0.2) is 5.16 Å². The number of amidine groups is 1. The molecule has 3 nitrogen and oxygen atoms in total. The van der Waals surface area contributed by atoms with Gasteiger partial charge in [-0.25, -0.2) is 0 Å². The maximum Gasteiger partial charge on any atom is 0.149 e. The molecule has 0 aromatic carbocycles. The van der Waals surface area contributed by atoms with Crippen molar-refractivity contribution in [3.63, 3.8) is 0 Å². The molecule has 0 amide bonds. The van der Waals surface area contributed by atoms with Gasteiger partial charge < -0.3 is 9.77 Å². The Kier molecular flexibility index (Phi) is 3.36. The molecule has 1 rings (SSSR count). The summed E-state index contributed by atoms with van der Waals surface area (Å²) >= 11 is 0. The van der Waals surface area contributed by atoms with Crippen LogP contribution in [0.5, 0.6) is 0 Å². The molecule has 0 spiro atoms. The van der Waals surface area contributed by atoms with E-state index < -0.39 is 8.24 Å². The molecule has 0 atom stereocenters. The maximum absolute atomic E-state index is 8.92. The molecule has 1 aliphatic rings. The second-order valence-corrected chi connectivity index (χ2v) is 9.53. The van der Waals surface area contributed by atoms with Gasteiger partial charge in [0.15, 0.2) is 0 Å². The largest absolute Gasteiger partial charge is 0.409 e. The standard InChI is InChI=1S/C9H20N2OSi/c1-13(2,3)11-8-6-4-5-7-9(11)10-12/h12H,4-8H2,1-3H3. The maximum atomic E-state index is 8.92. The second kappa shape index (κ2) is 4.13. The van der Waals surface area contributed by atoms with E-state index >= 15 is 0 Å². The van der Waals surface area contributed by atoms with E-state index in [9.17, 15) is 0 Å². The van der Waals surface area contributed by atoms with Crippen LogP contribution < -0.4 is 0 Å². The van der Waals surface area contributed by atoms with Crippen LogP contribution in [0.4, 0.5) is 0 Å². The molecule has 1 fully saturated rings. The molecule has 4 heteroatoms. The first-order chi connectivity index (χ1) is 6.05. The molecule has 76 valence electrons. The van der Waals surface area contributed by atoms with Gasteiger partial charge in [0.25, 0.3) is 0 Å². The van der Waals surface area contributed by atoms with Gasteiger partial charge in [-0.15, -0.1) is 0 Å². The van der Waals surface area contributed by atoms with E-state index in [0.29, 0.717) is 0 Å². The highest BCUT2D eigenvalue weighted by Crippen LogP contribution is 2.19. The third-order valence-electron chi connectivity index (χ3n) is 2.52. The van der Waals surface area contributed by atoms with Gasteiger partial charge in [0, 0.05) is 13.0 Å². The molecule has 13 heavy (non-hydrogen) atoms. The topological polar surface area (TPSA) is 35.8 Å². The summed E-state index contributed by atoms with van der Waals surface area (Å²) in [5.41, 5.74) is 0. The molecule has 1 saturated heterocycles. The predicted molar refractivity (Wildman–Crippen MR) is 57.7 cm³/mol. The van der Waals surface area contributed by atoms with Gasteiger partial charge in [-0.2, -0.15) is 0 Å². The van der Waals surface area contributed by atoms with Gasteiger partial charge in [-0.1, -0.05) is 31.2 Å². The van der Waals surface area contributed by atoms with Crippen molar-refractivity contribution in [3.8, 4) is 0 Å².